The summed E-state index contributed by atoms with van der Waals surface area (Å²) in [6.07, 6.45) is 2.36. The van der Waals surface area contributed by atoms with E-state index in [4.69, 9.17) is 5.11 Å². The molecule has 0 saturated heterocycles. The minimum absolute atomic E-state index is 0.238. The molecule has 0 aliphatic carbocycles. The summed E-state index contributed by atoms with van der Waals surface area (Å²) in [6, 6.07) is 4.93. The Balaban J connectivity index is 2.34. The Labute approximate surface area is 115 Å². The van der Waals surface area contributed by atoms with Crippen molar-refractivity contribution in [2.75, 3.05) is 0 Å². The van der Waals surface area contributed by atoms with Crippen LogP contribution in [0.2, 0.25) is 0 Å². The van der Waals surface area contributed by atoms with Gasteiger partial charge in [0.15, 0.2) is 5.16 Å². The zero-order chi connectivity index (χ0) is 13.8. The zero-order valence-corrected chi connectivity index (χ0v) is 11.4. The van der Waals surface area contributed by atoms with Crippen molar-refractivity contribution in [3.63, 3.8) is 0 Å². The Morgan fingerprint density at radius 2 is 2.16 bits per heavy atom. The summed E-state index contributed by atoms with van der Waals surface area (Å²) in [5.41, 5.74) is 1.85. The van der Waals surface area contributed by atoms with Crippen molar-refractivity contribution in [1.29, 1.82) is 0 Å². The van der Waals surface area contributed by atoms with Crippen molar-refractivity contribution in [3.05, 3.63) is 41.3 Å². The Bertz CT molecular complexity index is 617. The maximum Gasteiger partial charge on any atom is 0.335 e. The lowest BCUT2D eigenvalue weighted by Gasteiger charge is -2.04. The van der Waals surface area contributed by atoms with Gasteiger partial charge in [0.25, 0.3) is 0 Å². The molecule has 0 aromatic carbocycles. The highest BCUT2D eigenvalue weighted by atomic mass is 32.2. The third-order valence-electron chi connectivity index (χ3n) is 2.43. The van der Waals surface area contributed by atoms with Gasteiger partial charge in [-0.05, 0) is 43.3 Å². The first-order chi connectivity index (χ1) is 9.08. The third-order valence-corrected chi connectivity index (χ3v) is 3.23. The Hall–Kier alpha value is -1.95. The monoisotopic (exact) mass is 275 g/mol. The minimum Gasteiger partial charge on any atom is -0.478 e. The highest BCUT2D eigenvalue weighted by molar-refractivity contribution is 7.99. The number of carboxylic acid groups (broad SMARTS) is 1. The van der Waals surface area contributed by atoms with Crippen LogP contribution in [-0.4, -0.2) is 26.0 Å². The number of aryl methyl sites for hydroxylation is 2. The molecule has 6 heteroatoms. The van der Waals surface area contributed by atoms with E-state index in [9.17, 15) is 4.79 Å². The molecule has 0 atom stereocenters. The van der Waals surface area contributed by atoms with E-state index in [0.717, 1.165) is 11.4 Å². The number of aromatic nitrogens is 3. The van der Waals surface area contributed by atoms with E-state index in [2.05, 4.69) is 15.0 Å². The summed E-state index contributed by atoms with van der Waals surface area (Å²) >= 11 is 1.27. The predicted octanol–water partition coefficient (Wildman–Crippen LogP) is 2.59. The van der Waals surface area contributed by atoms with Crippen molar-refractivity contribution in [2.24, 2.45) is 0 Å². The highest BCUT2D eigenvalue weighted by Gasteiger charge is 2.10. The van der Waals surface area contributed by atoms with Crippen LogP contribution in [0.25, 0.3) is 0 Å². The molecule has 0 aliphatic heterocycles. The van der Waals surface area contributed by atoms with Gasteiger partial charge in [0.1, 0.15) is 5.03 Å². The number of pyridine rings is 1. The molecule has 98 valence electrons. The van der Waals surface area contributed by atoms with Gasteiger partial charge in [-0.3, -0.25) is 0 Å². The summed E-state index contributed by atoms with van der Waals surface area (Å²) in [4.78, 5) is 23.8. The van der Waals surface area contributed by atoms with Gasteiger partial charge in [-0.15, -0.1) is 0 Å². The maximum atomic E-state index is 11.1. The molecule has 0 saturated carbocycles. The summed E-state index contributed by atoms with van der Waals surface area (Å²) in [5, 5.41) is 10.2. The summed E-state index contributed by atoms with van der Waals surface area (Å²) in [7, 11) is 0. The molecule has 2 heterocycles. The molecular weight excluding hydrogens is 262 g/mol. The molecule has 0 spiro atoms. The van der Waals surface area contributed by atoms with Gasteiger partial charge in [-0.1, -0.05) is 6.92 Å². The fraction of sp³-hybridized carbons (Fsp3) is 0.231. The molecule has 0 aliphatic rings. The Kier molecular flexibility index (Phi) is 4.11. The molecule has 1 N–H and O–H groups in total. The van der Waals surface area contributed by atoms with Crippen LogP contribution in [0, 0.1) is 6.92 Å². The van der Waals surface area contributed by atoms with Gasteiger partial charge in [0.05, 0.1) is 5.56 Å². The van der Waals surface area contributed by atoms with Crippen molar-refractivity contribution in [2.45, 2.75) is 30.5 Å². The van der Waals surface area contributed by atoms with Crippen molar-refractivity contribution < 1.29 is 9.90 Å². The molecule has 19 heavy (non-hydrogen) atoms. The van der Waals surface area contributed by atoms with Gasteiger partial charge in [-0.2, -0.15) is 0 Å². The number of hydrogen-bond acceptors (Lipinski definition) is 5. The van der Waals surface area contributed by atoms with Gasteiger partial charge in [0.2, 0.25) is 0 Å². The first kappa shape index (κ1) is 13.5. The second-order valence-electron chi connectivity index (χ2n) is 3.93. The number of hydrogen-bond donors (Lipinski definition) is 1. The third kappa shape index (κ3) is 3.51. The second kappa shape index (κ2) is 5.79. The predicted molar refractivity (Wildman–Crippen MR) is 71.5 cm³/mol. The van der Waals surface area contributed by atoms with Crippen molar-refractivity contribution in [1.82, 2.24) is 15.0 Å². The number of aromatic carboxylic acids is 1. The summed E-state index contributed by atoms with van der Waals surface area (Å²) in [6.45, 7) is 3.82. The van der Waals surface area contributed by atoms with E-state index < -0.39 is 5.97 Å². The highest BCUT2D eigenvalue weighted by Crippen LogP contribution is 2.24. The van der Waals surface area contributed by atoms with Crippen LogP contribution in [0.1, 0.15) is 28.7 Å². The topological polar surface area (TPSA) is 76.0 Å². The Morgan fingerprint density at radius 3 is 2.79 bits per heavy atom. The average molecular weight is 275 g/mol. The molecule has 0 unspecified atom stereocenters. The lowest BCUT2D eigenvalue weighted by molar-refractivity contribution is 0.0696. The summed E-state index contributed by atoms with van der Waals surface area (Å²) in [5.74, 6) is -0.955. The van der Waals surface area contributed by atoms with Gasteiger partial charge >= 0.3 is 5.97 Å². The van der Waals surface area contributed by atoms with Crippen molar-refractivity contribution >= 4 is 17.7 Å². The second-order valence-corrected chi connectivity index (χ2v) is 4.91. The van der Waals surface area contributed by atoms with Crippen LogP contribution in [0.15, 0.2) is 34.6 Å². The summed E-state index contributed by atoms with van der Waals surface area (Å²) < 4.78 is 0. The number of carbonyl (C=O) groups is 1. The minimum atomic E-state index is -0.955. The molecule has 0 bridgehead atoms. The largest absolute Gasteiger partial charge is 0.478 e. The SMILES string of the molecule is CCc1cc(C(=O)O)cc(Sc2nccc(C)n2)n1. The first-order valence-electron chi connectivity index (χ1n) is 5.80. The van der Waals surface area contributed by atoms with E-state index >= 15 is 0 Å². The molecular formula is C13H13N3O2S. The van der Waals surface area contributed by atoms with Crippen LogP contribution < -0.4 is 0 Å². The molecule has 2 rings (SSSR count). The average Bonchev–Trinajstić information content (AvgIpc) is 2.38. The lowest BCUT2D eigenvalue weighted by Crippen LogP contribution is -2.01. The number of carboxylic acids is 1. The van der Waals surface area contributed by atoms with E-state index in [1.165, 1.54) is 17.8 Å². The molecule has 2 aromatic heterocycles. The van der Waals surface area contributed by atoms with E-state index in [1.807, 2.05) is 19.9 Å². The van der Waals surface area contributed by atoms with Crippen LogP contribution in [-0.2, 0) is 6.42 Å². The number of nitrogens with zero attached hydrogens (tertiary/aromatic N) is 3. The van der Waals surface area contributed by atoms with Crippen LogP contribution >= 0.6 is 11.8 Å². The lowest BCUT2D eigenvalue weighted by atomic mass is 10.2. The maximum absolute atomic E-state index is 11.1. The van der Waals surface area contributed by atoms with Crippen LogP contribution in [0.5, 0.6) is 0 Å². The molecule has 2 aromatic rings. The fourth-order valence-electron chi connectivity index (χ4n) is 1.49. The number of rotatable bonds is 4. The Morgan fingerprint density at radius 1 is 1.37 bits per heavy atom. The van der Waals surface area contributed by atoms with Gasteiger partial charge in [-0.25, -0.2) is 19.7 Å². The van der Waals surface area contributed by atoms with Crippen LogP contribution in [0.3, 0.4) is 0 Å². The smallest absolute Gasteiger partial charge is 0.335 e. The van der Waals surface area contributed by atoms with Crippen LogP contribution in [0.4, 0.5) is 0 Å². The molecule has 0 fully saturated rings. The normalized spacial score (nSPS) is 10.4. The quantitative estimate of drug-likeness (QED) is 0.864. The molecule has 5 nitrogen and oxygen atoms in total. The van der Waals surface area contributed by atoms with Gasteiger partial charge < -0.3 is 5.11 Å². The van der Waals surface area contributed by atoms with E-state index in [0.29, 0.717) is 16.6 Å². The van der Waals surface area contributed by atoms with E-state index in [-0.39, 0.29) is 5.56 Å². The van der Waals surface area contributed by atoms with E-state index in [1.54, 1.807) is 12.3 Å². The molecule has 0 amide bonds. The standard InChI is InChI=1S/C13H13N3O2S/c1-3-10-6-9(12(17)18)7-11(16-10)19-13-14-5-4-8(2)15-13/h4-7H,3H2,1-2H3,(H,17,18). The molecule has 0 radical (unpaired) electrons. The zero-order valence-electron chi connectivity index (χ0n) is 10.6. The first-order valence-corrected chi connectivity index (χ1v) is 6.62. The van der Waals surface area contributed by atoms with Crippen molar-refractivity contribution in [3.8, 4) is 0 Å². The van der Waals surface area contributed by atoms with Gasteiger partial charge in [0, 0.05) is 17.6 Å². The fourth-order valence-corrected chi connectivity index (χ4v) is 2.32.